The summed E-state index contributed by atoms with van der Waals surface area (Å²) in [5, 5.41) is 1.83. The highest BCUT2D eigenvalue weighted by Gasteiger charge is 2.02. The van der Waals surface area contributed by atoms with Gasteiger partial charge in [0.05, 0.1) is 10.5 Å². The average molecular weight is 214 g/mol. The fourth-order valence-electron chi connectivity index (χ4n) is 1.18. The first-order chi connectivity index (χ1) is 6.18. The van der Waals surface area contributed by atoms with Crippen LogP contribution in [-0.2, 0) is 0 Å². The lowest BCUT2D eigenvalue weighted by Crippen LogP contribution is -2.02. The van der Waals surface area contributed by atoms with Crippen molar-refractivity contribution in [1.82, 2.24) is 4.98 Å². The van der Waals surface area contributed by atoms with E-state index < -0.39 is 0 Å². The summed E-state index contributed by atoms with van der Waals surface area (Å²) in [5.41, 5.74) is 0.401. The Labute approximate surface area is 84.1 Å². The highest BCUT2D eigenvalue weighted by Crippen LogP contribution is 2.26. The number of hydrogen-bond acceptors (Lipinski definition) is 1. The van der Waals surface area contributed by atoms with E-state index in [-0.39, 0.29) is 5.56 Å². The molecule has 0 fully saturated rings. The van der Waals surface area contributed by atoms with Gasteiger partial charge >= 0.3 is 0 Å². The number of aromatic nitrogens is 1. The molecule has 0 atom stereocenters. The lowest BCUT2D eigenvalue weighted by atomic mass is 10.2. The Kier molecular flexibility index (Phi) is 2.02. The summed E-state index contributed by atoms with van der Waals surface area (Å²) in [7, 11) is 0. The van der Waals surface area contributed by atoms with Crippen LogP contribution in [0.4, 0.5) is 0 Å². The Bertz CT molecular complexity index is 518. The molecule has 1 heterocycles. The highest BCUT2D eigenvalue weighted by atomic mass is 35.5. The van der Waals surface area contributed by atoms with Crippen LogP contribution in [0, 0.1) is 0 Å². The van der Waals surface area contributed by atoms with E-state index in [1.807, 2.05) is 0 Å². The Hall–Kier alpha value is -0.990. The van der Waals surface area contributed by atoms with Crippen LogP contribution in [0.1, 0.15) is 0 Å². The minimum absolute atomic E-state index is 0.184. The summed E-state index contributed by atoms with van der Waals surface area (Å²) in [6, 6.07) is 6.43. The smallest absolute Gasteiger partial charge is 0.248 e. The maximum atomic E-state index is 11.0. The van der Waals surface area contributed by atoms with Crippen LogP contribution in [0.25, 0.3) is 10.9 Å². The molecule has 0 bridgehead atoms. The van der Waals surface area contributed by atoms with Gasteiger partial charge < -0.3 is 4.98 Å². The lowest BCUT2D eigenvalue weighted by Gasteiger charge is -2.00. The van der Waals surface area contributed by atoms with Gasteiger partial charge in [-0.1, -0.05) is 23.2 Å². The molecule has 0 aliphatic carbocycles. The van der Waals surface area contributed by atoms with Gasteiger partial charge in [-0.05, 0) is 18.2 Å². The van der Waals surface area contributed by atoms with Crippen molar-refractivity contribution in [1.29, 1.82) is 0 Å². The molecular weight excluding hydrogens is 209 g/mol. The van der Waals surface area contributed by atoms with Crippen LogP contribution in [0.5, 0.6) is 0 Å². The zero-order valence-electron chi connectivity index (χ0n) is 6.47. The lowest BCUT2D eigenvalue weighted by molar-refractivity contribution is 1.31. The number of aromatic amines is 1. The minimum atomic E-state index is -0.184. The number of fused-ring (bicyclic) bond motifs is 1. The van der Waals surface area contributed by atoms with Crippen molar-refractivity contribution in [2.45, 2.75) is 0 Å². The number of H-pyrrole nitrogens is 1. The van der Waals surface area contributed by atoms with Gasteiger partial charge in [0.15, 0.2) is 0 Å². The van der Waals surface area contributed by atoms with E-state index in [1.165, 1.54) is 6.07 Å². The molecule has 1 aromatic carbocycles. The summed E-state index contributed by atoms with van der Waals surface area (Å²) in [4.78, 5) is 13.6. The van der Waals surface area contributed by atoms with Crippen LogP contribution in [0.2, 0.25) is 10.0 Å². The third kappa shape index (κ3) is 1.43. The molecule has 66 valence electrons. The van der Waals surface area contributed by atoms with Crippen LogP contribution in [0.3, 0.4) is 0 Å². The average Bonchev–Trinajstić information content (AvgIpc) is 2.12. The summed E-state index contributed by atoms with van der Waals surface area (Å²) >= 11 is 11.8. The Morgan fingerprint density at radius 3 is 2.46 bits per heavy atom. The van der Waals surface area contributed by atoms with Crippen molar-refractivity contribution in [2.75, 3.05) is 0 Å². The topological polar surface area (TPSA) is 32.9 Å². The highest BCUT2D eigenvalue weighted by molar-refractivity contribution is 6.39. The molecule has 4 heteroatoms. The first kappa shape index (κ1) is 8.60. The Morgan fingerprint density at radius 1 is 1.00 bits per heavy atom. The van der Waals surface area contributed by atoms with Crippen molar-refractivity contribution in [3.63, 3.8) is 0 Å². The maximum absolute atomic E-state index is 11.0. The van der Waals surface area contributed by atoms with Gasteiger partial charge in [0.2, 0.25) is 5.56 Å². The fraction of sp³-hybridized carbons (Fsp3) is 0. The number of nitrogens with one attached hydrogen (secondary N) is 1. The monoisotopic (exact) mass is 213 g/mol. The maximum Gasteiger partial charge on any atom is 0.248 e. The van der Waals surface area contributed by atoms with Gasteiger partial charge in [-0.15, -0.1) is 0 Å². The molecule has 2 aromatic rings. The number of benzene rings is 1. The third-order valence-electron chi connectivity index (χ3n) is 1.79. The molecule has 0 amide bonds. The molecule has 1 aromatic heterocycles. The molecule has 0 aliphatic heterocycles. The van der Waals surface area contributed by atoms with Crippen molar-refractivity contribution >= 4 is 34.1 Å². The van der Waals surface area contributed by atoms with Crippen LogP contribution >= 0.6 is 23.2 Å². The van der Waals surface area contributed by atoms with E-state index in [0.29, 0.717) is 15.6 Å². The molecular formula is C9H5Cl2NO. The number of pyridine rings is 1. The largest absolute Gasteiger partial charge is 0.321 e. The van der Waals surface area contributed by atoms with E-state index in [4.69, 9.17) is 23.2 Å². The summed E-state index contributed by atoms with van der Waals surface area (Å²) in [5.74, 6) is 0. The molecule has 0 radical (unpaired) electrons. The van der Waals surface area contributed by atoms with Crippen LogP contribution < -0.4 is 5.56 Å². The van der Waals surface area contributed by atoms with Crippen LogP contribution in [-0.4, -0.2) is 4.98 Å². The molecule has 0 saturated carbocycles. The van der Waals surface area contributed by atoms with Crippen LogP contribution in [0.15, 0.2) is 29.1 Å². The minimum Gasteiger partial charge on any atom is -0.321 e. The van der Waals surface area contributed by atoms with Gasteiger partial charge in [0.25, 0.3) is 0 Å². The first-order valence-corrected chi connectivity index (χ1v) is 4.41. The quantitative estimate of drug-likeness (QED) is 0.718. The summed E-state index contributed by atoms with van der Waals surface area (Å²) in [6.45, 7) is 0. The molecule has 0 spiro atoms. The van der Waals surface area contributed by atoms with Gasteiger partial charge in [0, 0.05) is 16.5 Å². The molecule has 0 saturated heterocycles. The number of rotatable bonds is 0. The Balaban J connectivity index is 3.00. The molecule has 2 rings (SSSR count). The summed E-state index contributed by atoms with van der Waals surface area (Å²) < 4.78 is 0. The predicted molar refractivity (Wildman–Crippen MR) is 54.6 cm³/mol. The van der Waals surface area contributed by atoms with E-state index in [2.05, 4.69) is 4.98 Å². The normalized spacial score (nSPS) is 10.6. The molecule has 2 nitrogen and oxygen atoms in total. The second kappa shape index (κ2) is 3.05. The number of halogens is 2. The second-order valence-electron chi connectivity index (χ2n) is 2.64. The van der Waals surface area contributed by atoms with Crippen molar-refractivity contribution in [3.05, 3.63) is 44.7 Å². The summed E-state index contributed by atoms with van der Waals surface area (Å²) in [6.07, 6.45) is 0. The first-order valence-electron chi connectivity index (χ1n) is 3.65. The van der Waals surface area contributed by atoms with Gasteiger partial charge in [-0.25, -0.2) is 0 Å². The molecule has 0 unspecified atom stereocenters. The Morgan fingerprint density at radius 2 is 1.69 bits per heavy atom. The molecule has 0 aliphatic rings. The van der Waals surface area contributed by atoms with Gasteiger partial charge in [-0.3, -0.25) is 4.79 Å². The van der Waals surface area contributed by atoms with E-state index in [1.54, 1.807) is 18.2 Å². The van der Waals surface area contributed by atoms with Gasteiger partial charge in [-0.2, -0.15) is 0 Å². The second-order valence-corrected chi connectivity index (χ2v) is 3.45. The fourth-order valence-corrected chi connectivity index (χ4v) is 1.61. The van der Waals surface area contributed by atoms with E-state index in [9.17, 15) is 4.79 Å². The third-order valence-corrected chi connectivity index (χ3v) is 2.44. The molecule has 1 N–H and O–H groups in total. The molecule has 13 heavy (non-hydrogen) atoms. The van der Waals surface area contributed by atoms with Gasteiger partial charge in [0.1, 0.15) is 0 Å². The predicted octanol–water partition coefficient (Wildman–Crippen LogP) is 2.83. The zero-order valence-corrected chi connectivity index (χ0v) is 7.99. The zero-order chi connectivity index (χ0) is 9.42. The SMILES string of the molecule is O=c1ccc2c(Cl)ccc(Cl)c2[nH]1. The standard InChI is InChI=1S/C9H5Cl2NO/c10-6-2-3-7(11)9-5(6)1-4-8(13)12-9/h1-4H,(H,12,13). The van der Waals surface area contributed by atoms with E-state index >= 15 is 0 Å². The van der Waals surface area contributed by atoms with E-state index in [0.717, 1.165) is 5.39 Å². The van der Waals surface area contributed by atoms with Crippen molar-refractivity contribution in [3.8, 4) is 0 Å². The number of hydrogen-bond donors (Lipinski definition) is 1. The van der Waals surface area contributed by atoms with Crippen molar-refractivity contribution < 1.29 is 0 Å². The van der Waals surface area contributed by atoms with Crippen molar-refractivity contribution in [2.24, 2.45) is 0 Å².